The molecule has 0 heterocycles. The Morgan fingerprint density at radius 2 is 2.17 bits per heavy atom. The largest absolute Gasteiger partial charge is 0.494 e. The average Bonchev–Trinajstić information content (AvgIpc) is 2.35. The summed E-state index contributed by atoms with van der Waals surface area (Å²) in [6.07, 6.45) is 3.76. The van der Waals surface area contributed by atoms with Crippen LogP contribution in [0.25, 0.3) is 0 Å². The molecule has 1 saturated carbocycles. The minimum atomic E-state index is 0.460. The van der Waals surface area contributed by atoms with Crippen LogP contribution in [0.2, 0.25) is 0 Å². The molecule has 0 aromatic heterocycles. The molecule has 1 aliphatic rings. The fourth-order valence-corrected chi connectivity index (χ4v) is 2.15. The second kappa shape index (κ2) is 6.76. The Labute approximate surface area is 109 Å². The van der Waals surface area contributed by atoms with Crippen LogP contribution in [0.1, 0.15) is 31.7 Å². The van der Waals surface area contributed by atoms with E-state index < -0.39 is 0 Å². The maximum Gasteiger partial charge on any atom is 0.119 e. The van der Waals surface area contributed by atoms with Crippen molar-refractivity contribution in [3.63, 3.8) is 0 Å². The molecule has 2 rings (SSSR count). The van der Waals surface area contributed by atoms with Gasteiger partial charge in [0.25, 0.3) is 0 Å². The van der Waals surface area contributed by atoms with Gasteiger partial charge in [-0.15, -0.1) is 0 Å². The maximum absolute atomic E-state index is 5.63. The number of nitrogens with one attached hydrogen (secondary N) is 1. The van der Waals surface area contributed by atoms with Crippen molar-refractivity contribution in [3.05, 3.63) is 29.8 Å². The third-order valence-corrected chi connectivity index (χ3v) is 3.39. The van der Waals surface area contributed by atoms with Gasteiger partial charge in [-0.25, -0.2) is 0 Å². The fraction of sp³-hybridized carbons (Fsp3) is 0.600. The highest BCUT2D eigenvalue weighted by molar-refractivity contribution is 5.28. The van der Waals surface area contributed by atoms with Gasteiger partial charge in [-0.1, -0.05) is 19.1 Å². The zero-order valence-corrected chi connectivity index (χ0v) is 11.3. The van der Waals surface area contributed by atoms with E-state index in [9.17, 15) is 0 Å². The van der Waals surface area contributed by atoms with Crippen LogP contribution in [-0.4, -0.2) is 25.9 Å². The third kappa shape index (κ3) is 3.72. The zero-order valence-electron chi connectivity index (χ0n) is 11.3. The Kier molecular flexibility index (Phi) is 5.02. The van der Waals surface area contributed by atoms with Crippen LogP contribution in [0, 0.1) is 0 Å². The molecular formula is C15H23NO2. The average molecular weight is 249 g/mol. The Balaban J connectivity index is 1.75. The summed E-state index contributed by atoms with van der Waals surface area (Å²) in [5.74, 6) is 0.972. The van der Waals surface area contributed by atoms with Gasteiger partial charge in [0.15, 0.2) is 0 Å². The van der Waals surface area contributed by atoms with Crippen molar-refractivity contribution in [2.24, 2.45) is 0 Å². The van der Waals surface area contributed by atoms with Crippen LogP contribution in [0.3, 0.4) is 0 Å². The minimum Gasteiger partial charge on any atom is -0.494 e. The normalized spacial score (nSPS) is 22.6. The van der Waals surface area contributed by atoms with E-state index in [2.05, 4.69) is 30.4 Å². The molecule has 0 saturated heterocycles. The molecule has 0 amide bonds. The van der Waals surface area contributed by atoms with Gasteiger partial charge >= 0.3 is 0 Å². The van der Waals surface area contributed by atoms with Crippen LogP contribution in [0.5, 0.6) is 5.75 Å². The molecule has 18 heavy (non-hydrogen) atoms. The lowest BCUT2D eigenvalue weighted by molar-refractivity contribution is 0.0170. The first-order valence-corrected chi connectivity index (χ1v) is 6.79. The van der Waals surface area contributed by atoms with Crippen molar-refractivity contribution in [2.75, 3.05) is 13.7 Å². The summed E-state index contributed by atoms with van der Waals surface area (Å²) >= 11 is 0. The van der Waals surface area contributed by atoms with Crippen LogP contribution in [0.15, 0.2) is 24.3 Å². The van der Waals surface area contributed by atoms with Gasteiger partial charge in [0.05, 0.1) is 12.7 Å². The van der Waals surface area contributed by atoms with E-state index in [0.717, 1.165) is 38.2 Å². The molecule has 0 bridgehead atoms. The number of hydrogen-bond acceptors (Lipinski definition) is 3. The monoisotopic (exact) mass is 249 g/mol. The van der Waals surface area contributed by atoms with Gasteiger partial charge in [-0.05, 0) is 37.0 Å². The van der Waals surface area contributed by atoms with E-state index in [-0.39, 0.29) is 0 Å². The first-order chi connectivity index (χ1) is 8.81. The summed E-state index contributed by atoms with van der Waals surface area (Å²) in [5, 5.41) is 3.55. The predicted octanol–water partition coefficient (Wildman–Crippen LogP) is 2.74. The second-order valence-corrected chi connectivity index (χ2v) is 4.90. The smallest absolute Gasteiger partial charge is 0.119 e. The molecule has 1 aromatic rings. The number of methoxy groups -OCH3 is 1. The lowest BCUT2D eigenvalue weighted by Gasteiger charge is -2.34. The van der Waals surface area contributed by atoms with Crippen LogP contribution < -0.4 is 10.1 Å². The van der Waals surface area contributed by atoms with E-state index in [4.69, 9.17) is 9.47 Å². The van der Waals surface area contributed by atoms with Crippen molar-refractivity contribution in [1.82, 2.24) is 5.32 Å². The van der Waals surface area contributed by atoms with Gasteiger partial charge in [0.1, 0.15) is 5.75 Å². The SMILES string of the molecule is CCCOc1cccc(CNC2CC(OC)C2)c1. The zero-order chi connectivity index (χ0) is 12.8. The Bertz CT molecular complexity index is 361. The van der Waals surface area contributed by atoms with Crippen molar-refractivity contribution in [3.8, 4) is 5.75 Å². The Morgan fingerprint density at radius 1 is 1.33 bits per heavy atom. The van der Waals surface area contributed by atoms with Crippen molar-refractivity contribution >= 4 is 0 Å². The van der Waals surface area contributed by atoms with Gasteiger partial charge in [-0.3, -0.25) is 0 Å². The summed E-state index contributed by atoms with van der Waals surface area (Å²) in [4.78, 5) is 0. The van der Waals surface area contributed by atoms with Gasteiger partial charge < -0.3 is 14.8 Å². The second-order valence-electron chi connectivity index (χ2n) is 4.90. The number of rotatable bonds is 7. The maximum atomic E-state index is 5.63. The summed E-state index contributed by atoms with van der Waals surface area (Å²) in [6, 6.07) is 8.94. The van der Waals surface area contributed by atoms with Crippen molar-refractivity contribution < 1.29 is 9.47 Å². The summed E-state index contributed by atoms with van der Waals surface area (Å²) in [6.45, 7) is 3.81. The fourth-order valence-electron chi connectivity index (χ4n) is 2.15. The molecule has 1 aliphatic carbocycles. The van der Waals surface area contributed by atoms with Gasteiger partial charge in [-0.2, -0.15) is 0 Å². The number of ether oxygens (including phenoxy) is 2. The van der Waals surface area contributed by atoms with Gasteiger partial charge in [0, 0.05) is 19.7 Å². The van der Waals surface area contributed by atoms with E-state index in [1.54, 1.807) is 7.11 Å². The molecule has 100 valence electrons. The van der Waals surface area contributed by atoms with Gasteiger partial charge in [0.2, 0.25) is 0 Å². The van der Waals surface area contributed by atoms with E-state index in [1.165, 1.54) is 5.56 Å². The quantitative estimate of drug-likeness (QED) is 0.806. The first-order valence-electron chi connectivity index (χ1n) is 6.79. The molecule has 1 aromatic carbocycles. The highest BCUT2D eigenvalue weighted by Gasteiger charge is 2.28. The van der Waals surface area contributed by atoms with Crippen LogP contribution in [0.4, 0.5) is 0 Å². The van der Waals surface area contributed by atoms with Crippen LogP contribution >= 0.6 is 0 Å². The lowest BCUT2D eigenvalue weighted by atomic mass is 9.89. The topological polar surface area (TPSA) is 30.5 Å². The van der Waals surface area contributed by atoms with E-state index in [1.807, 2.05) is 6.07 Å². The Morgan fingerprint density at radius 3 is 2.89 bits per heavy atom. The van der Waals surface area contributed by atoms with Crippen molar-refractivity contribution in [2.45, 2.75) is 44.9 Å². The summed E-state index contributed by atoms with van der Waals surface area (Å²) < 4.78 is 10.9. The van der Waals surface area contributed by atoms with E-state index in [0.29, 0.717) is 12.1 Å². The molecule has 0 atom stereocenters. The first kappa shape index (κ1) is 13.4. The Hall–Kier alpha value is -1.06. The number of benzene rings is 1. The molecular weight excluding hydrogens is 226 g/mol. The highest BCUT2D eigenvalue weighted by atomic mass is 16.5. The molecule has 1 N–H and O–H groups in total. The third-order valence-electron chi connectivity index (χ3n) is 3.39. The molecule has 3 heteroatoms. The molecule has 0 radical (unpaired) electrons. The van der Waals surface area contributed by atoms with E-state index >= 15 is 0 Å². The number of hydrogen-bond donors (Lipinski definition) is 1. The summed E-state index contributed by atoms with van der Waals surface area (Å²) in [5.41, 5.74) is 1.28. The van der Waals surface area contributed by atoms with Crippen LogP contribution in [-0.2, 0) is 11.3 Å². The molecule has 3 nitrogen and oxygen atoms in total. The summed E-state index contributed by atoms with van der Waals surface area (Å²) in [7, 11) is 1.79. The predicted molar refractivity (Wildman–Crippen MR) is 72.9 cm³/mol. The molecule has 0 unspecified atom stereocenters. The van der Waals surface area contributed by atoms with Crippen molar-refractivity contribution in [1.29, 1.82) is 0 Å². The standard InChI is InChI=1S/C15H23NO2/c1-3-7-18-14-6-4-5-12(8-14)11-16-13-9-15(10-13)17-2/h4-6,8,13,15-16H,3,7,9-11H2,1-2H3. The molecule has 0 spiro atoms. The highest BCUT2D eigenvalue weighted by Crippen LogP contribution is 2.23. The molecule has 0 aliphatic heterocycles. The molecule has 1 fully saturated rings. The minimum absolute atomic E-state index is 0.460. The lowest BCUT2D eigenvalue weighted by Crippen LogP contribution is -2.44.